The Labute approximate surface area is 115 Å². The van der Waals surface area contributed by atoms with Gasteiger partial charge in [0.05, 0.1) is 7.11 Å². The summed E-state index contributed by atoms with van der Waals surface area (Å²) in [6.45, 7) is 6.90. The fourth-order valence-corrected chi connectivity index (χ4v) is 2.43. The zero-order chi connectivity index (χ0) is 13.7. The first-order valence-corrected chi connectivity index (χ1v) is 6.90. The molecular weight excluding hydrogens is 240 g/mol. The van der Waals surface area contributed by atoms with E-state index >= 15 is 0 Å². The molecule has 1 aliphatic rings. The van der Waals surface area contributed by atoms with Gasteiger partial charge in [0.1, 0.15) is 5.75 Å². The molecule has 1 amide bonds. The number of nitrogens with zero attached hydrogens (tertiary/aromatic N) is 2. The van der Waals surface area contributed by atoms with Gasteiger partial charge >= 0.3 is 0 Å². The molecule has 0 unspecified atom stereocenters. The van der Waals surface area contributed by atoms with Crippen LogP contribution < -0.4 is 4.74 Å². The Balaban J connectivity index is 1.97. The van der Waals surface area contributed by atoms with Gasteiger partial charge in [-0.1, -0.05) is 13.0 Å². The molecular formula is C15H22N2O2. The Morgan fingerprint density at radius 1 is 1.26 bits per heavy atom. The van der Waals surface area contributed by atoms with E-state index in [4.69, 9.17) is 4.74 Å². The van der Waals surface area contributed by atoms with Crippen molar-refractivity contribution in [3.05, 3.63) is 29.8 Å². The van der Waals surface area contributed by atoms with Gasteiger partial charge in [0.15, 0.2) is 0 Å². The van der Waals surface area contributed by atoms with Crippen LogP contribution in [-0.2, 0) is 0 Å². The van der Waals surface area contributed by atoms with Gasteiger partial charge in [0.2, 0.25) is 0 Å². The van der Waals surface area contributed by atoms with Crippen LogP contribution in [-0.4, -0.2) is 55.5 Å². The number of piperazine rings is 1. The average molecular weight is 262 g/mol. The van der Waals surface area contributed by atoms with Crippen molar-refractivity contribution < 1.29 is 9.53 Å². The van der Waals surface area contributed by atoms with Crippen LogP contribution in [0, 0.1) is 0 Å². The maximum Gasteiger partial charge on any atom is 0.254 e. The highest BCUT2D eigenvalue weighted by Gasteiger charge is 2.21. The highest BCUT2D eigenvalue weighted by atomic mass is 16.5. The van der Waals surface area contributed by atoms with Gasteiger partial charge in [-0.05, 0) is 31.2 Å². The molecule has 0 aromatic heterocycles. The summed E-state index contributed by atoms with van der Waals surface area (Å²) < 4.78 is 5.16. The van der Waals surface area contributed by atoms with Gasteiger partial charge in [-0.15, -0.1) is 0 Å². The van der Waals surface area contributed by atoms with Crippen LogP contribution >= 0.6 is 0 Å². The Kier molecular flexibility index (Phi) is 4.80. The number of benzene rings is 1. The van der Waals surface area contributed by atoms with Crippen molar-refractivity contribution in [2.45, 2.75) is 13.3 Å². The molecule has 2 rings (SSSR count). The third-order valence-electron chi connectivity index (χ3n) is 3.52. The summed E-state index contributed by atoms with van der Waals surface area (Å²) in [6.07, 6.45) is 1.17. The number of hydrogen-bond acceptors (Lipinski definition) is 3. The predicted molar refractivity (Wildman–Crippen MR) is 75.6 cm³/mol. The lowest BCUT2D eigenvalue weighted by Crippen LogP contribution is -2.48. The summed E-state index contributed by atoms with van der Waals surface area (Å²) in [4.78, 5) is 16.7. The molecule has 1 aromatic rings. The summed E-state index contributed by atoms with van der Waals surface area (Å²) in [5.41, 5.74) is 0.711. The van der Waals surface area contributed by atoms with Crippen molar-refractivity contribution in [2.24, 2.45) is 0 Å². The Morgan fingerprint density at radius 2 is 2.00 bits per heavy atom. The van der Waals surface area contributed by atoms with Crippen LogP contribution in [0.2, 0.25) is 0 Å². The third kappa shape index (κ3) is 3.47. The van der Waals surface area contributed by atoms with Crippen LogP contribution in [0.5, 0.6) is 5.75 Å². The summed E-state index contributed by atoms with van der Waals surface area (Å²) in [7, 11) is 1.62. The number of hydrogen-bond donors (Lipinski definition) is 0. The molecule has 0 aliphatic carbocycles. The second-order valence-corrected chi connectivity index (χ2v) is 4.87. The minimum atomic E-state index is 0.107. The van der Waals surface area contributed by atoms with Crippen molar-refractivity contribution in [2.75, 3.05) is 39.8 Å². The lowest BCUT2D eigenvalue weighted by Gasteiger charge is -2.34. The molecule has 104 valence electrons. The quantitative estimate of drug-likeness (QED) is 0.830. The normalized spacial score (nSPS) is 16.4. The van der Waals surface area contributed by atoms with Crippen molar-refractivity contribution in [3.63, 3.8) is 0 Å². The van der Waals surface area contributed by atoms with E-state index in [2.05, 4.69) is 11.8 Å². The van der Waals surface area contributed by atoms with E-state index < -0.39 is 0 Å². The van der Waals surface area contributed by atoms with Crippen LogP contribution in [0.25, 0.3) is 0 Å². The lowest BCUT2D eigenvalue weighted by molar-refractivity contribution is 0.0637. The highest BCUT2D eigenvalue weighted by Crippen LogP contribution is 2.15. The smallest absolute Gasteiger partial charge is 0.254 e. The van der Waals surface area contributed by atoms with E-state index in [0.29, 0.717) is 5.56 Å². The molecule has 4 nitrogen and oxygen atoms in total. The number of carbonyl (C=O) groups is 1. The van der Waals surface area contributed by atoms with E-state index in [1.165, 1.54) is 6.42 Å². The minimum absolute atomic E-state index is 0.107. The van der Waals surface area contributed by atoms with Crippen molar-refractivity contribution >= 4 is 5.91 Å². The van der Waals surface area contributed by atoms with Crippen LogP contribution in [0.4, 0.5) is 0 Å². The molecule has 4 heteroatoms. The number of ether oxygens (including phenoxy) is 1. The van der Waals surface area contributed by atoms with Gasteiger partial charge in [0, 0.05) is 31.7 Å². The topological polar surface area (TPSA) is 32.8 Å². The van der Waals surface area contributed by atoms with Crippen LogP contribution in [0.1, 0.15) is 23.7 Å². The predicted octanol–water partition coefficient (Wildman–Crippen LogP) is 1.86. The zero-order valence-corrected chi connectivity index (χ0v) is 11.8. The third-order valence-corrected chi connectivity index (χ3v) is 3.52. The maximum atomic E-state index is 12.4. The van der Waals surface area contributed by atoms with Gasteiger partial charge in [0.25, 0.3) is 5.91 Å². The largest absolute Gasteiger partial charge is 0.497 e. The van der Waals surface area contributed by atoms with E-state index in [0.717, 1.165) is 38.5 Å². The highest BCUT2D eigenvalue weighted by molar-refractivity contribution is 5.94. The summed E-state index contributed by atoms with van der Waals surface area (Å²) in [5.74, 6) is 0.838. The second-order valence-electron chi connectivity index (χ2n) is 4.87. The molecule has 0 atom stereocenters. The molecule has 1 fully saturated rings. The van der Waals surface area contributed by atoms with Crippen molar-refractivity contribution in [3.8, 4) is 5.75 Å². The molecule has 0 N–H and O–H groups in total. The number of carbonyl (C=O) groups excluding carboxylic acids is 1. The average Bonchev–Trinajstić information content (AvgIpc) is 2.48. The first kappa shape index (κ1) is 13.9. The SMILES string of the molecule is CCCN1CCN(C(=O)c2cccc(OC)c2)CC1. The molecule has 1 aliphatic heterocycles. The molecule has 0 bridgehead atoms. The van der Waals surface area contributed by atoms with Crippen molar-refractivity contribution in [1.82, 2.24) is 9.80 Å². The number of rotatable bonds is 4. The fraction of sp³-hybridized carbons (Fsp3) is 0.533. The summed E-state index contributed by atoms with van der Waals surface area (Å²) in [5, 5.41) is 0. The van der Waals surface area contributed by atoms with Crippen LogP contribution in [0.15, 0.2) is 24.3 Å². The Morgan fingerprint density at radius 3 is 2.63 bits per heavy atom. The standard InChI is InChI=1S/C15H22N2O2/c1-3-7-16-8-10-17(11-9-16)15(18)13-5-4-6-14(12-13)19-2/h4-6,12H,3,7-11H2,1-2H3. The Bertz CT molecular complexity index is 426. The number of methoxy groups -OCH3 is 1. The first-order chi connectivity index (χ1) is 9.24. The molecule has 0 radical (unpaired) electrons. The maximum absolute atomic E-state index is 12.4. The van der Waals surface area contributed by atoms with Crippen molar-refractivity contribution in [1.29, 1.82) is 0 Å². The van der Waals surface area contributed by atoms with E-state index in [-0.39, 0.29) is 5.91 Å². The summed E-state index contributed by atoms with van der Waals surface area (Å²) >= 11 is 0. The molecule has 0 spiro atoms. The van der Waals surface area contributed by atoms with E-state index in [1.54, 1.807) is 13.2 Å². The zero-order valence-electron chi connectivity index (χ0n) is 11.8. The Hall–Kier alpha value is -1.55. The second kappa shape index (κ2) is 6.57. The fourth-order valence-electron chi connectivity index (χ4n) is 2.43. The summed E-state index contributed by atoms with van der Waals surface area (Å²) in [6, 6.07) is 7.37. The lowest BCUT2D eigenvalue weighted by atomic mass is 10.1. The monoisotopic (exact) mass is 262 g/mol. The first-order valence-electron chi connectivity index (χ1n) is 6.90. The van der Waals surface area contributed by atoms with E-state index in [9.17, 15) is 4.79 Å². The molecule has 0 saturated carbocycles. The van der Waals surface area contributed by atoms with Gasteiger partial charge in [-0.3, -0.25) is 9.69 Å². The minimum Gasteiger partial charge on any atom is -0.497 e. The molecule has 1 aromatic carbocycles. The molecule has 1 heterocycles. The van der Waals surface area contributed by atoms with E-state index in [1.807, 2.05) is 23.1 Å². The van der Waals surface area contributed by atoms with Gasteiger partial charge < -0.3 is 9.64 Å². The number of amides is 1. The molecule has 1 saturated heterocycles. The van der Waals surface area contributed by atoms with Gasteiger partial charge in [-0.2, -0.15) is 0 Å². The molecule has 19 heavy (non-hydrogen) atoms. The van der Waals surface area contributed by atoms with Gasteiger partial charge in [-0.25, -0.2) is 0 Å². The van der Waals surface area contributed by atoms with Crippen LogP contribution in [0.3, 0.4) is 0 Å².